The highest BCUT2D eigenvalue weighted by Crippen LogP contribution is 2.39. The van der Waals surface area contributed by atoms with Gasteiger partial charge >= 0.3 is 0 Å². The molecular formula is C18H20FNO. The first-order valence-corrected chi connectivity index (χ1v) is 7.35. The van der Waals surface area contributed by atoms with E-state index in [1.807, 2.05) is 18.2 Å². The van der Waals surface area contributed by atoms with Crippen LogP contribution >= 0.6 is 0 Å². The molecule has 0 bridgehead atoms. The first-order chi connectivity index (χ1) is 10.3. The van der Waals surface area contributed by atoms with Crippen molar-refractivity contribution in [2.75, 3.05) is 12.4 Å². The second-order valence-electron chi connectivity index (χ2n) is 5.65. The molecule has 0 spiro atoms. The summed E-state index contributed by atoms with van der Waals surface area (Å²) in [5, 5.41) is 3.57. The fraction of sp³-hybridized carbons (Fsp3) is 0.333. The number of halogens is 1. The van der Waals surface area contributed by atoms with Crippen molar-refractivity contribution in [3.05, 3.63) is 65.5 Å². The third kappa shape index (κ3) is 3.24. The van der Waals surface area contributed by atoms with Gasteiger partial charge in [0.25, 0.3) is 0 Å². The molecular weight excluding hydrogens is 265 g/mol. The van der Waals surface area contributed by atoms with Gasteiger partial charge in [-0.15, -0.1) is 0 Å². The number of benzene rings is 2. The number of hydrogen-bond donors (Lipinski definition) is 1. The van der Waals surface area contributed by atoms with Gasteiger partial charge in [-0.2, -0.15) is 0 Å². The summed E-state index contributed by atoms with van der Waals surface area (Å²) in [5.74, 6) is 0.321. The molecule has 0 atom stereocenters. The van der Waals surface area contributed by atoms with Gasteiger partial charge in [-0.25, -0.2) is 4.39 Å². The molecule has 3 heteroatoms. The van der Waals surface area contributed by atoms with Crippen LogP contribution in [0.2, 0.25) is 0 Å². The van der Waals surface area contributed by atoms with Crippen LogP contribution in [0.1, 0.15) is 29.9 Å². The molecule has 0 saturated heterocycles. The Morgan fingerprint density at radius 2 is 1.95 bits per heavy atom. The minimum Gasteiger partial charge on any atom is -0.382 e. The first kappa shape index (κ1) is 14.1. The molecule has 21 heavy (non-hydrogen) atoms. The van der Waals surface area contributed by atoms with Crippen LogP contribution in [0.15, 0.2) is 48.5 Å². The topological polar surface area (TPSA) is 21.3 Å². The lowest BCUT2D eigenvalue weighted by Crippen LogP contribution is -2.34. The fourth-order valence-corrected chi connectivity index (χ4v) is 2.93. The van der Waals surface area contributed by atoms with Gasteiger partial charge in [0, 0.05) is 24.4 Å². The molecule has 1 N–H and O–H groups in total. The second kappa shape index (κ2) is 6.27. The van der Waals surface area contributed by atoms with E-state index in [4.69, 9.17) is 4.74 Å². The van der Waals surface area contributed by atoms with E-state index in [0.717, 1.165) is 24.1 Å². The maximum atomic E-state index is 13.2. The summed E-state index contributed by atoms with van der Waals surface area (Å²) in [6.07, 6.45) is 2.09. The Kier molecular flexibility index (Phi) is 4.20. The standard InChI is InChI=1S/C18H20FNO/c1-21-12-14-5-2-3-8-18(14)20-17-10-15(11-17)13-6-4-7-16(19)9-13/h2-9,15,17,20H,10-12H2,1H3. The van der Waals surface area contributed by atoms with E-state index < -0.39 is 0 Å². The van der Waals surface area contributed by atoms with Crippen molar-refractivity contribution in [1.29, 1.82) is 0 Å². The fourth-order valence-electron chi connectivity index (χ4n) is 2.93. The predicted molar refractivity (Wildman–Crippen MR) is 82.9 cm³/mol. The van der Waals surface area contributed by atoms with Crippen LogP contribution in [-0.4, -0.2) is 13.2 Å². The quantitative estimate of drug-likeness (QED) is 0.883. The maximum Gasteiger partial charge on any atom is 0.123 e. The first-order valence-electron chi connectivity index (χ1n) is 7.35. The highest BCUT2D eigenvalue weighted by atomic mass is 19.1. The number of ether oxygens (including phenoxy) is 1. The Labute approximate surface area is 125 Å². The van der Waals surface area contributed by atoms with Crippen LogP contribution in [0.5, 0.6) is 0 Å². The van der Waals surface area contributed by atoms with Crippen LogP contribution in [0.4, 0.5) is 10.1 Å². The van der Waals surface area contributed by atoms with Crippen molar-refractivity contribution in [1.82, 2.24) is 0 Å². The lowest BCUT2D eigenvalue weighted by molar-refractivity contribution is 0.185. The van der Waals surface area contributed by atoms with Gasteiger partial charge < -0.3 is 10.1 Å². The lowest BCUT2D eigenvalue weighted by atomic mass is 9.75. The SMILES string of the molecule is COCc1ccccc1NC1CC(c2cccc(F)c2)C1. The average molecular weight is 285 g/mol. The predicted octanol–water partition coefficient (Wildman–Crippen LogP) is 4.33. The van der Waals surface area contributed by atoms with Gasteiger partial charge in [0.15, 0.2) is 0 Å². The van der Waals surface area contributed by atoms with Crippen LogP contribution in [-0.2, 0) is 11.3 Å². The van der Waals surface area contributed by atoms with Crippen LogP contribution in [0, 0.1) is 5.82 Å². The molecule has 2 aromatic carbocycles. The molecule has 0 aliphatic heterocycles. The molecule has 1 saturated carbocycles. The van der Waals surface area contributed by atoms with Gasteiger partial charge in [0.2, 0.25) is 0 Å². The largest absolute Gasteiger partial charge is 0.382 e. The highest BCUT2D eigenvalue weighted by Gasteiger charge is 2.30. The molecule has 110 valence electrons. The highest BCUT2D eigenvalue weighted by molar-refractivity contribution is 5.52. The van der Waals surface area contributed by atoms with E-state index in [-0.39, 0.29) is 5.82 Å². The monoisotopic (exact) mass is 285 g/mol. The summed E-state index contributed by atoms with van der Waals surface area (Å²) in [7, 11) is 1.71. The summed E-state index contributed by atoms with van der Waals surface area (Å²) in [4.78, 5) is 0. The van der Waals surface area contributed by atoms with Crippen molar-refractivity contribution in [3.63, 3.8) is 0 Å². The number of anilines is 1. The van der Waals surface area contributed by atoms with Gasteiger partial charge in [0.05, 0.1) is 6.61 Å². The van der Waals surface area contributed by atoms with E-state index in [1.54, 1.807) is 19.2 Å². The van der Waals surface area contributed by atoms with E-state index in [2.05, 4.69) is 17.4 Å². The van der Waals surface area contributed by atoms with E-state index in [9.17, 15) is 4.39 Å². The molecule has 0 aromatic heterocycles. The van der Waals surface area contributed by atoms with Crippen LogP contribution in [0.25, 0.3) is 0 Å². The molecule has 1 aliphatic carbocycles. The third-order valence-electron chi connectivity index (χ3n) is 4.13. The minimum atomic E-state index is -0.144. The van der Waals surface area contributed by atoms with E-state index in [0.29, 0.717) is 18.6 Å². The number of nitrogens with one attached hydrogen (secondary N) is 1. The summed E-state index contributed by atoms with van der Waals surface area (Å²) in [6, 6.07) is 15.6. The zero-order chi connectivity index (χ0) is 14.7. The van der Waals surface area contributed by atoms with Gasteiger partial charge in [-0.1, -0.05) is 30.3 Å². The molecule has 2 aromatic rings. The number of para-hydroxylation sites is 1. The van der Waals surface area contributed by atoms with Gasteiger partial charge in [-0.3, -0.25) is 0 Å². The zero-order valence-corrected chi connectivity index (χ0v) is 12.2. The maximum absolute atomic E-state index is 13.2. The van der Waals surface area contributed by atoms with Crippen LogP contribution < -0.4 is 5.32 Å². The molecule has 0 unspecified atom stereocenters. The average Bonchev–Trinajstić information content (AvgIpc) is 2.44. The normalized spacial score (nSPS) is 20.9. The Balaban J connectivity index is 1.60. The number of hydrogen-bond acceptors (Lipinski definition) is 2. The molecule has 2 nitrogen and oxygen atoms in total. The molecule has 0 heterocycles. The lowest BCUT2D eigenvalue weighted by Gasteiger charge is -2.37. The van der Waals surface area contributed by atoms with Gasteiger partial charge in [0.1, 0.15) is 5.82 Å². The number of rotatable bonds is 5. The second-order valence-corrected chi connectivity index (χ2v) is 5.65. The Hall–Kier alpha value is -1.87. The molecule has 3 rings (SSSR count). The Morgan fingerprint density at radius 3 is 2.71 bits per heavy atom. The van der Waals surface area contributed by atoms with Crippen molar-refractivity contribution >= 4 is 5.69 Å². The Morgan fingerprint density at radius 1 is 1.14 bits per heavy atom. The van der Waals surface area contributed by atoms with Crippen LogP contribution in [0.3, 0.4) is 0 Å². The van der Waals surface area contributed by atoms with E-state index >= 15 is 0 Å². The van der Waals surface area contributed by atoms with Crippen molar-refractivity contribution < 1.29 is 9.13 Å². The minimum absolute atomic E-state index is 0.144. The Bertz CT molecular complexity index is 608. The van der Waals surface area contributed by atoms with Crippen molar-refractivity contribution in [2.45, 2.75) is 31.4 Å². The smallest absolute Gasteiger partial charge is 0.123 e. The number of methoxy groups -OCH3 is 1. The van der Waals surface area contributed by atoms with Crippen molar-refractivity contribution in [2.24, 2.45) is 0 Å². The molecule has 1 aliphatic rings. The summed E-state index contributed by atoms with van der Waals surface area (Å²) < 4.78 is 18.5. The zero-order valence-electron chi connectivity index (χ0n) is 12.2. The molecule has 0 radical (unpaired) electrons. The summed E-state index contributed by atoms with van der Waals surface area (Å²) in [6.45, 7) is 0.614. The van der Waals surface area contributed by atoms with Gasteiger partial charge in [-0.05, 0) is 42.5 Å². The third-order valence-corrected chi connectivity index (χ3v) is 4.13. The summed E-state index contributed by atoms with van der Waals surface area (Å²) >= 11 is 0. The van der Waals surface area contributed by atoms with Crippen molar-refractivity contribution in [3.8, 4) is 0 Å². The molecule has 1 fully saturated rings. The summed E-state index contributed by atoms with van der Waals surface area (Å²) in [5.41, 5.74) is 3.43. The van der Waals surface area contributed by atoms with E-state index in [1.165, 1.54) is 11.6 Å². The molecule has 0 amide bonds.